The number of allylic oxidation sites excluding steroid dienone is 7. The van der Waals surface area contributed by atoms with Crippen molar-refractivity contribution in [2.75, 3.05) is 26.4 Å². The Kier molecular flexibility index (Phi) is 55.1. The van der Waals surface area contributed by atoms with Crippen LogP contribution in [-0.4, -0.2) is 193 Å². The third-order valence-electron chi connectivity index (χ3n) is 19.8. The van der Waals surface area contributed by atoms with Crippen molar-refractivity contribution in [2.45, 2.75) is 420 Å². The van der Waals surface area contributed by atoms with Crippen molar-refractivity contribution in [1.29, 1.82) is 0 Å². The van der Waals surface area contributed by atoms with Gasteiger partial charge in [0.2, 0.25) is 5.91 Å². The Hall–Kier alpha value is -2.25. The molecule has 0 aromatic rings. The second-order valence-corrected chi connectivity index (χ2v) is 28.5. The van der Waals surface area contributed by atoms with Crippen LogP contribution in [0.1, 0.15) is 316 Å². The summed E-state index contributed by atoms with van der Waals surface area (Å²) >= 11 is 0. The van der Waals surface area contributed by atoms with E-state index in [1.165, 1.54) is 238 Å². The Balaban J connectivity index is 1.36. The molecule has 3 heterocycles. The van der Waals surface area contributed by atoms with Gasteiger partial charge >= 0.3 is 0 Å². The third kappa shape index (κ3) is 40.1. The molecule has 0 bridgehead atoms. The SMILES string of the molecule is CCCCCCC/C=C\C/C=C\CCCCCCCCCCCCCCCCCCCCCCCC(=O)NC(COC1OC(CO)C(OC2OC(CO)C(OC3OC(CO)C(O)C(O)C3O)C(O)C2O)C(O)C1O)C(O)/C=C/CC/C=C/CCCCCCCCCCCCCCCC. The van der Waals surface area contributed by atoms with E-state index in [0.717, 1.165) is 44.9 Å². The van der Waals surface area contributed by atoms with Gasteiger partial charge in [-0.25, -0.2) is 0 Å². The van der Waals surface area contributed by atoms with Crippen LogP contribution in [0.5, 0.6) is 0 Å². The predicted molar refractivity (Wildman–Crippen MR) is 388 cm³/mol. The Morgan fingerprint density at radius 2 is 0.684 bits per heavy atom. The van der Waals surface area contributed by atoms with Crippen molar-refractivity contribution < 1.29 is 89.4 Å². The van der Waals surface area contributed by atoms with Crippen LogP contribution in [0.25, 0.3) is 0 Å². The number of aliphatic hydroxyl groups excluding tert-OH is 11. The standard InChI is InChI=1S/C79H145NO18/c1-3-5-7-9-11-13-15-17-19-21-23-25-26-27-28-29-30-31-32-33-34-35-36-37-39-41-43-45-47-49-51-53-55-57-67(85)80-62(63(84)56-54-52-50-48-46-44-42-40-38-24-22-20-18-16-14-12-10-8-6-4-2)61-93-77-73(91)70(88)75(65(59-82)95-77)98-79-74(92)71(89)76(66(60-83)96-79)97-78-72(90)69(87)68(86)64(58-81)94-78/h15,17,21,23,46,48,54,56,62-66,68-79,81-84,86-92H,3-14,16,18-20,22,24-45,47,49-53,55,57-61H2,1-2H3,(H,80,85)/b17-15-,23-21-,48-46+,56-54+. The minimum Gasteiger partial charge on any atom is -0.394 e. The molecule has 0 radical (unpaired) electrons. The molecule has 1 amide bonds. The van der Waals surface area contributed by atoms with Crippen LogP contribution >= 0.6 is 0 Å². The highest BCUT2D eigenvalue weighted by Crippen LogP contribution is 2.33. The lowest BCUT2D eigenvalue weighted by Gasteiger charge is -2.48. The molecule has 0 saturated carbocycles. The van der Waals surface area contributed by atoms with Crippen LogP contribution in [0.15, 0.2) is 48.6 Å². The van der Waals surface area contributed by atoms with Crippen molar-refractivity contribution in [3.8, 4) is 0 Å². The number of ether oxygens (including phenoxy) is 6. The molecular weight excluding hydrogens is 1250 g/mol. The molecule has 3 rings (SSSR count). The third-order valence-corrected chi connectivity index (χ3v) is 19.8. The first kappa shape index (κ1) is 90.0. The van der Waals surface area contributed by atoms with Crippen molar-refractivity contribution in [3.05, 3.63) is 48.6 Å². The van der Waals surface area contributed by atoms with Gasteiger partial charge in [0.1, 0.15) is 73.2 Å². The molecule has 3 saturated heterocycles. The van der Waals surface area contributed by atoms with E-state index in [9.17, 15) is 61.0 Å². The average Bonchev–Trinajstić information content (AvgIpc) is 0.782. The summed E-state index contributed by atoms with van der Waals surface area (Å²) in [4.78, 5) is 13.5. The quantitative estimate of drug-likeness (QED) is 0.0199. The van der Waals surface area contributed by atoms with E-state index in [1.807, 2.05) is 6.08 Å². The zero-order valence-electron chi connectivity index (χ0n) is 61.3. The molecule has 19 heteroatoms. The first-order valence-corrected chi connectivity index (χ1v) is 39.9. The van der Waals surface area contributed by atoms with Gasteiger partial charge in [0, 0.05) is 6.42 Å². The van der Waals surface area contributed by atoms with E-state index in [0.29, 0.717) is 12.8 Å². The molecule has 574 valence electrons. The molecule has 17 atom stereocenters. The van der Waals surface area contributed by atoms with Crippen LogP contribution in [0, 0.1) is 0 Å². The number of hydrogen-bond acceptors (Lipinski definition) is 18. The first-order chi connectivity index (χ1) is 47.8. The van der Waals surface area contributed by atoms with Crippen molar-refractivity contribution in [3.63, 3.8) is 0 Å². The number of hydrogen-bond donors (Lipinski definition) is 12. The maximum Gasteiger partial charge on any atom is 0.220 e. The fourth-order valence-corrected chi connectivity index (χ4v) is 13.4. The molecule has 12 N–H and O–H groups in total. The van der Waals surface area contributed by atoms with Crippen LogP contribution in [0.4, 0.5) is 0 Å². The van der Waals surface area contributed by atoms with Gasteiger partial charge in [0.25, 0.3) is 0 Å². The first-order valence-electron chi connectivity index (χ1n) is 39.9. The Bertz CT molecular complexity index is 1960. The van der Waals surface area contributed by atoms with Crippen molar-refractivity contribution >= 4 is 5.91 Å². The van der Waals surface area contributed by atoms with E-state index in [1.54, 1.807) is 6.08 Å². The number of unbranched alkanes of at least 4 members (excludes halogenated alkanes) is 41. The number of aliphatic hydroxyl groups is 11. The maximum absolute atomic E-state index is 13.5. The zero-order chi connectivity index (χ0) is 71.1. The van der Waals surface area contributed by atoms with E-state index in [2.05, 4.69) is 55.6 Å². The largest absolute Gasteiger partial charge is 0.394 e. The maximum atomic E-state index is 13.5. The molecule has 19 nitrogen and oxygen atoms in total. The van der Waals surface area contributed by atoms with Crippen LogP contribution in [0.3, 0.4) is 0 Å². The number of rotatable bonds is 63. The summed E-state index contributed by atoms with van der Waals surface area (Å²) in [5.74, 6) is -0.280. The monoisotopic (exact) mass is 1400 g/mol. The fraction of sp³-hybridized carbons (Fsp3) is 0.886. The Morgan fingerprint density at radius 3 is 1.08 bits per heavy atom. The second kappa shape index (κ2) is 60.1. The highest BCUT2D eigenvalue weighted by Gasteiger charge is 2.54. The Labute approximate surface area is 593 Å². The number of carbonyl (C=O) groups excluding carboxylic acids is 1. The average molecular weight is 1400 g/mol. The van der Waals surface area contributed by atoms with Gasteiger partial charge in [0.05, 0.1) is 38.6 Å². The summed E-state index contributed by atoms with van der Waals surface area (Å²) in [6.45, 7) is 1.74. The Morgan fingerprint density at radius 1 is 0.367 bits per heavy atom. The van der Waals surface area contributed by atoms with Gasteiger partial charge in [-0.05, 0) is 64.2 Å². The fourth-order valence-electron chi connectivity index (χ4n) is 13.4. The smallest absolute Gasteiger partial charge is 0.220 e. The lowest BCUT2D eigenvalue weighted by Crippen LogP contribution is -2.66. The van der Waals surface area contributed by atoms with Crippen molar-refractivity contribution in [1.82, 2.24) is 5.32 Å². The topological polar surface area (TPSA) is 307 Å². The van der Waals surface area contributed by atoms with Crippen LogP contribution in [0.2, 0.25) is 0 Å². The van der Waals surface area contributed by atoms with Gasteiger partial charge < -0.3 is 89.9 Å². The number of carbonyl (C=O) groups is 1. The van der Waals surface area contributed by atoms with Crippen molar-refractivity contribution in [2.24, 2.45) is 0 Å². The molecule has 3 aliphatic heterocycles. The van der Waals surface area contributed by atoms with Gasteiger partial charge in [-0.3, -0.25) is 4.79 Å². The minimum absolute atomic E-state index is 0.238. The summed E-state index contributed by atoms with van der Waals surface area (Å²) in [5, 5.41) is 121. The summed E-state index contributed by atoms with van der Waals surface area (Å²) in [5.41, 5.74) is 0. The summed E-state index contributed by atoms with van der Waals surface area (Å²) < 4.78 is 34.4. The highest BCUT2D eigenvalue weighted by atomic mass is 16.8. The van der Waals surface area contributed by atoms with E-state index >= 15 is 0 Å². The lowest BCUT2D eigenvalue weighted by atomic mass is 9.96. The van der Waals surface area contributed by atoms with E-state index < -0.39 is 124 Å². The molecule has 17 unspecified atom stereocenters. The van der Waals surface area contributed by atoms with Gasteiger partial charge in [-0.2, -0.15) is 0 Å². The van der Waals surface area contributed by atoms with Crippen LogP contribution < -0.4 is 5.32 Å². The molecule has 0 aliphatic carbocycles. The predicted octanol–water partition coefficient (Wildman–Crippen LogP) is 12.9. The molecule has 0 spiro atoms. The molecule has 0 aromatic carbocycles. The van der Waals surface area contributed by atoms with Gasteiger partial charge in [-0.1, -0.05) is 294 Å². The number of nitrogens with one attached hydrogen (secondary N) is 1. The van der Waals surface area contributed by atoms with Gasteiger partial charge in [0.15, 0.2) is 18.9 Å². The molecule has 0 aromatic heterocycles. The summed E-state index contributed by atoms with van der Waals surface area (Å²) in [7, 11) is 0. The molecule has 3 fully saturated rings. The highest BCUT2D eigenvalue weighted by molar-refractivity contribution is 5.76. The van der Waals surface area contributed by atoms with Gasteiger partial charge in [-0.15, -0.1) is 0 Å². The van der Waals surface area contributed by atoms with E-state index in [-0.39, 0.29) is 18.9 Å². The molecule has 3 aliphatic rings. The molecular formula is C79H145NO18. The zero-order valence-corrected chi connectivity index (χ0v) is 61.3. The summed E-state index contributed by atoms with van der Waals surface area (Å²) in [6.07, 6.45) is 48.2. The summed E-state index contributed by atoms with van der Waals surface area (Å²) in [6, 6.07) is -0.990. The minimum atomic E-state index is -1.98. The molecule has 98 heavy (non-hydrogen) atoms. The van der Waals surface area contributed by atoms with E-state index in [4.69, 9.17) is 28.4 Å². The van der Waals surface area contributed by atoms with Crippen LogP contribution in [-0.2, 0) is 33.2 Å². The second-order valence-electron chi connectivity index (χ2n) is 28.5. The lowest BCUT2D eigenvalue weighted by molar-refractivity contribution is -0.379. The number of amides is 1. The normalized spacial score (nSPS) is 27.0.